The van der Waals surface area contributed by atoms with Gasteiger partial charge in [-0.25, -0.2) is 9.97 Å². The van der Waals surface area contributed by atoms with Gasteiger partial charge in [0.2, 0.25) is 5.95 Å². The summed E-state index contributed by atoms with van der Waals surface area (Å²) in [5.74, 6) is 1.30. The Bertz CT molecular complexity index is 1060. The summed E-state index contributed by atoms with van der Waals surface area (Å²) in [5, 5.41) is 8.61. The second-order valence-corrected chi connectivity index (χ2v) is 5.89. The SMILES string of the molecule is Cl.Cl.c1cc2c(cn1)[nH]c1nc(Nc3cc4c(cn3)CNCC4)ncc12. The molecule has 9 heteroatoms. The lowest BCUT2D eigenvalue weighted by atomic mass is 10.0. The van der Waals surface area contributed by atoms with Crippen LogP contribution in [0.3, 0.4) is 0 Å². The molecule has 0 aliphatic carbocycles. The zero-order valence-electron chi connectivity index (χ0n) is 13.7. The highest BCUT2D eigenvalue weighted by atomic mass is 35.5. The third kappa shape index (κ3) is 3.16. The Morgan fingerprint density at radius 2 is 1.92 bits per heavy atom. The number of H-pyrrole nitrogens is 1. The predicted octanol–water partition coefficient (Wildman–Crippen LogP) is 3.13. The van der Waals surface area contributed by atoms with Crippen LogP contribution in [0.2, 0.25) is 0 Å². The van der Waals surface area contributed by atoms with Crippen LogP contribution in [-0.2, 0) is 13.0 Å². The van der Waals surface area contributed by atoms with Crippen molar-refractivity contribution in [3.05, 3.63) is 48.0 Å². The first-order valence-corrected chi connectivity index (χ1v) is 7.91. The third-order valence-electron chi connectivity index (χ3n) is 4.36. The summed E-state index contributed by atoms with van der Waals surface area (Å²) >= 11 is 0. The first-order chi connectivity index (χ1) is 11.9. The van der Waals surface area contributed by atoms with Crippen molar-refractivity contribution in [3.8, 4) is 0 Å². The molecule has 0 aromatic carbocycles. The molecule has 0 saturated heterocycles. The maximum atomic E-state index is 4.56. The molecular weight excluding hydrogens is 373 g/mol. The smallest absolute Gasteiger partial charge is 0.230 e. The van der Waals surface area contributed by atoms with Crippen LogP contribution in [0.5, 0.6) is 0 Å². The highest BCUT2D eigenvalue weighted by Gasteiger charge is 2.11. The predicted molar refractivity (Wildman–Crippen MR) is 107 cm³/mol. The summed E-state index contributed by atoms with van der Waals surface area (Å²) in [4.78, 5) is 20.8. The minimum Gasteiger partial charge on any atom is -0.338 e. The Balaban J connectivity index is 0.000000980. The number of aromatic nitrogens is 5. The maximum absolute atomic E-state index is 4.56. The van der Waals surface area contributed by atoms with Gasteiger partial charge in [0.05, 0.1) is 11.7 Å². The molecule has 0 unspecified atom stereocenters. The van der Waals surface area contributed by atoms with Gasteiger partial charge in [-0.05, 0) is 36.2 Å². The van der Waals surface area contributed by atoms with Gasteiger partial charge in [0.15, 0.2) is 0 Å². The lowest BCUT2D eigenvalue weighted by molar-refractivity contribution is 0.641. The van der Waals surface area contributed by atoms with Gasteiger partial charge in [-0.1, -0.05) is 0 Å². The molecular formula is C17H17Cl2N7. The van der Waals surface area contributed by atoms with Crippen molar-refractivity contribution in [3.63, 3.8) is 0 Å². The molecule has 7 nitrogen and oxygen atoms in total. The van der Waals surface area contributed by atoms with Crippen LogP contribution in [-0.4, -0.2) is 31.5 Å². The second kappa shape index (κ2) is 7.41. The van der Waals surface area contributed by atoms with Gasteiger partial charge in [0.1, 0.15) is 11.5 Å². The topological polar surface area (TPSA) is 91.4 Å². The molecule has 0 fully saturated rings. The zero-order chi connectivity index (χ0) is 15.9. The van der Waals surface area contributed by atoms with Gasteiger partial charge in [0.25, 0.3) is 0 Å². The molecule has 26 heavy (non-hydrogen) atoms. The Morgan fingerprint density at radius 1 is 1.00 bits per heavy atom. The van der Waals surface area contributed by atoms with Crippen molar-refractivity contribution in [1.29, 1.82) is 0 Å². The van der Waals surface area contributed by atoms with E-state index in [0.717, 1.165) is 47.3 Å². The van der Waals surface area contributed by atoms with Crippen molar-refractivity contribution >= 4 is 58.5 Å². The Hall–Kier alpha value is -2.48. The summed E-state index contributed by atoms with van der Waals surface area (Å²) in [7, 11) is 0. The number of fused-ring (bicyclic) bond motifs is 4. The van der Waals surface area contributed by atoms with Crippen LogP contribution >= 0.6 is 24.8 Å². The molecule has 0 amide bonds. The normalized spacial score (nSPS) is 12.9. The Labute approximate surface area is 161 Å². The molecule has 0 radical (unpaired) electrons. The van der Waals surface area contributed by atoms with Gasteiger partial charge in [0, 0.05) is 35.9 Å². The van der Waals surface area contributed by atoms with Crippen molar-refractivity contribution in [2.75, 3.05) is 11.9 Å². The monoisotopic (exact) mass is 389 g/mol. The lowest BCUT2D eigenvalue weighted by Crippen LogP contribution is -2.23. The van der Waals surface area contributed by atoms with Gasteiger partial charge in [-0.15, -0.1) is 24.8 Å². The Kier molecular flexibility index (Phi) is 5.22. The molecule has 3 N–H and O–H groups in total. The first-order valence-electron chi connectivity index (χ1n) is 7.91. The summed E-state index contributed by atoms with van der Waals surface area (Å²) < 4.78 is 0. The second-order valence-electron chi connectivity index (χ2n) is 5.89. The van der Waals surface area contributed by atoms with Crippen LogP contribution < -0.4 is 10.6 Å². The number of hydrogen-bond donors (Lipinski definition) is 3. The number of nitrogens with zero attached hydrogens (tertiary/aromatic N) is 4. The summed E-state index contributed by atoms with van der Waals surface area (Å²) in [6.07, 6.45) is 8.32. The van der Waals surface area contributed by atoms with E-state index in [-0.39, 0.29) is 24.8 Å². The summed E-state index contributed by atoms with van der Waals surface area (Å²) in [6, 6.07) is 4.04. The molecule has 4 aromatic heterocycles. The van der Waals surface area contributed by atoms with E-state index in [2.05, 4.69) is 41.6 Å². The van der Waals surface area contributed by atoms with E-state index in [9.17, 15) is 0 Å². The van der Waals surface area contributed by atoms with Crippen molar-refractivity contribution < 1.29 is 0 Å². The zero-order valence-corrected chi connectivity index (χ0v) is 15.3. The molecule has 0 bridgehead atoms. The van der Waals surface area contributed by atoms with Gasteiger partial charge >= 0.3 is 0 Å². The lowest BCUT2D eigenvalue weighted by Gasteiger charge is -2.17. The molecule has 5 rings (SSSR count). The van der Waals surface area contributed by atoms with Gasteiger partial charge in [-0.3, -0.25) is 4.98 Å². The van der Waals surface area contributed by atoms with Crippen molar-refractivity contribution in [2.24, 2.45) is 0 Å². The number of halogens is 2. The van der Waals surface area contributed by atoms with Crippen molar-refractivity contribution in [2.45, 2.75) is 13.0 Å². The van der Waals surface area contributed by atoms with E-state index >= 15 is 0 Å². The van der Waals surface area contributed by atoms with E-state index in [1.54, 1.807) is 12.4 Å². The average Bonchev–Trinajstić information content (AvgIpc) is 2.99. The fraction of sp³-hybridized carbons (Fsp3) is 0.176. The van der Waals surface area contributed by atoms with E-state index in [1.807, 2.05) is 18.5 Å². The standard InChI is InChI=1S/C17H15N7.2ClH/c1-3-18-6-11-7-20-15(5-10(1)11)23-17-21-8-13-12-2-4-19-9-14(12)22-16(13)24-17;;/h2,4-5,7-9,18H,1,3,6H2,(H2,20,21,22,23,24);2*1H. The minimum absolute atomic E-state index is 0. The number of hydrogen-bond acceptors (Lipinski definition) is 6. The van der Waals surface area contributed by atoms with Crippen LogP contribution in [0.1, 0.15) is 11.1 Å². The molecule has 4 aromatic rings. The third-order valence-corrected chi connectivity index (χ3v) is 4.36. The minimum atomic E-state index is 0. The largest absolute Gasteiger partial charge is 0.338 e. The van der Waals surface area contributed by atoms with E-state index in [4.69, 9.17) is 0 Å². The first kappa shape index (κ1) is 18.3. The molecule has 0 saturated carbocycles. The summed E-state index contributed by atoms with van der Waals surface area (Å²) in [5.41, 5.74) is 4.33. The number of pyridine rings is 2. The number of nitrogens with one attached hydrogen (secondary N) is 3. The molecule has 1 aliphatic rings. The highest BCUT2D eigenvalue weighted by Crippen LogP contribution is 2.24. The van der Waals surface area contributed by atoms with Crippen LogP contribution in [0.4, 0.5) is 11.8 Å². The fourth-order valence-electron chi connectivity index (χ4n) is 3.14. The highest BCUT2D eigenvalue weighted by molar-refractivity contribution is 6.05. The fourth-order valence-corrected chi connectivity index (χ4v) is 3.14. The van der Waals surface area contributed by atoms with Crippen LogP contribution in [0.15, 0.2) is 36.9 Å². The van der Waals surface area contributed by atoms with E-state index in [1.165, 1.54) is 11.1 Å². The average molecular weight is 390 g/mol. The Morgan fingerprint density at radius 3 is 2.85 bits per heavy atom. The summed E-state index contributed by atoms with van der Waals surface area (Å²) in [6.45, 7) is 1.89. The van der Waals surface area contributed by atoms with E-state index in [0.29, 0.717) is 5.95 Å². The quantitative estimate of drug-likeness (QED) is 0.487. The molecule has 5 heterocycles. The molecule has 0 spiro atoms. The van der Waals surface area contributed by atoms with E-state index < -0.39 is 0 Å². The maximum Gasteiger partial charge on any atom is 0.230 e. The number of aromatic amines is 1. The van der Waals surface area contributed by atoms with Crippen LogP contribution in [0.25, 0.3) is 21.9 Å². The molecule has 0 atom stereocenters. The molecule has 134 valence electrons. The number of anilines is 2. The van der Waals surface area contributed by atoms with Crippen molar-refractivity contribution in [1.82, 2.24) is 30.2 Å². The number of rotatable bonds is 2. The van der Waals surface area contributed by atoms with Crippen LogP contribution in [0, 0.1) is 0 Å². The van der Waals surface area contributed by atoms with Gasteiger partial charge < -0.3 is 15.6 Å². The molecule has 1 aliphatic heterocycles. The van der Waals surface area contributed by atoms with Gasteiger partial charge in [-0.2, -0.15) is 4.98 Å².